The molecule has 184 valence electrons. The third-order valence-electron chi connectivity index (χ3n) is 6.39. The number of aromatic nitrogens is 4. The second-order valence-electron chi connectivity index (χ2n) is 8.60. The highest BCUT2D eigenvalue weighted by Gasteiger charge is 2.41. The van der Waals surface area contributed by atoms with Gasteiger partial charge in [-0.25, -0.2) is 9.67 Å². The molecule has 0 spiro atoms. The molecule has 2 unspecified atom stereocenters. The standard InChI is InChI=1S/C23H24Cl2N6O3S/c1-14-15(4-6-20(24)26-14)11-29-12-16(27-28-29)18-13-34-10-9-31(18)22(32)17-3-2-8-30(17)23(33)19-5-7-21(25)35-19/h4-7,12,17-18H,2-3,8-11,13H2,1H3. The number of carbonyl (C=O) groups is 2. The Labute approximate surface area is 216 Å². The van der Waals surface area contributed by atoms with E-state index in [0.717, 1.165) is 17.7 Å². The van der Waals surface area contributed by atoms with E-state index in [1.165, 1.54) is 11.3 Å². The minimum absolute atomic E-state index is 0.0842. The lowest BCUT2D eigenvalue weighted by atomic mass is 10.1. The Bertz CT molecular complexity index is 1250. The average Bonchev–Trinajstić information content (AvgIpc) is 3.61. The van der Waals surface area contributed by atoms with E-state index in [4.69, 9.17) is 27.9 Å². The zero-order chi connectivity index (χ0) is 24.5. The molecular formula is C23H24Cl2N6O3S. The maximum atomic E-state index is 13.7. The Hall–Kier alpha value is -2.53. The van der Waals surface area contributed by atoms with Crippen molar-refractivity contribution >= 4 is 46.4 Å². The summed E-state index contributed by atoms with van der Waals surface area (Å²) < 4.78 is 7.97. The molecule has 5 rings (SSSR count). The van der Waals surface area contributed by atoms with Gasteiger partial charge in [-0.1, -0.05) is 34.5 Å². The van der Waals surface area contributed by atoms with Gasteiger partial charge in [0.25, 0.3) is 5.91 Å². The van der Waals surface area contributed by atoms with E-state index in [2.05, 4.69) is 15.3 Å². The van der Waals surface area contributed by atoms with Gasteiger partial charge in [0.05, 0.1) is 35.2 Å². The van der Waals surface area contributed by atoms with Crippen LogP contribution in [0.15, 0.2) is 30.5 Å². The number of aryl methyl sites for hydroxylation is 1. The van der Waals surface area contributed by atoms with Crippen LogP contribution in [0.25, 0.3) is 0 Å². The third kappa shape index (κ3) is 5.06. The molecule has 9 nitrogen and oxygen atoms in total. The molecule has 0 radical (unpaired) electrons. The van der Waals surface area contributed by atoms with Crippen molar-refractivity contribution in [3.8, 4) is 0 Å². The fourth-order valence-electron chi connectivity index (χ4n) is 4.59. The molecule has 5 heterocycles. The molecule has 2 amide bonds. The lowest BCUT2D eigenvalue weighted by molar-refractivity contribution is -0.144. The largest absolute Gasteiger partial charge is 0.377 e. The summed E-state index contributed by atoms with van der Waals surface area (Å²) in [6, 6.07) is 6.19. The molecule has 0 aliphatic carbocycles. The van der Waals surface area contributed by atoms with Gasteiger partial charge in [0.15, 0.2) is 0 Å². The average molecular weight is 535 g/mol. The summed E-state index contributed by atoms with van der Waals surface area (Å²) >= 11 is 13.2. The molecule has 3 aromatic heterocycles. The van der Waals surface area contributed by atoms with E-state index in [0.29, 0.717) is 59.3 Å². The van der Waals surface area contributed by atoms with Crippen LogP contribution < -0.4 is 0 Å². The minimum atomic E-state index is -0.512. The zero-order valence-electron chi connectivity index (χ0n) is 19.1. The highest BCUT2D eigenvalue weighted by Crippen LogP contribution is 2.30. The van der Waals surface area contributed by atoms with Gasteiger partial charge in [0, 0.05) is 18.8 Å². The monoisotopic (exact) mass is 534 g/mol. The van der Waals surface area contributed by atoms with Crippen LogP contribution in [0.2, 0.25) is 9.49 Å². The minimum Gasteiger partial charge on any atom is -0.377 e. The summed E-state index contributed by atoms with van der Waals surface area (Å²) in [5.41, 5.74) is 2.45. The van der Waals surface area contributed by atoms with E-state index >= 15 is 0 Å². The number of rotatable bonds is 5. The number of hydrogen-bond donors (Lipinski definition) is 0. The van der Waals surface area contributed by atoms with Crippen LogP contribution >= 0.6 is 34.5 Å². The first kappa shape index (κ1) is 24.2. The van der Waals surface area contributed by atoms with Crippen LogP contribution in [-0.2, 0) is 16.1 Å². The number of ether oxygens (including phenoxy) is 1. The van der Waals surface area contributed by atoms with Crippen LogP contribution in [0.3, 0.4) is 0 Å². The van der Waals surface area contributed by atoms with Crippen molar-refractivity contribution in [1.82, 2.24) is 29.8 Å². The van der Waals surface area contributed by atoms with Crippen LogP contribution in [0.1, 0.15) is 45.5 Å². The first-order chi connectivity index (χ1) is 16.9. The summed E-state index contributed by atoms with van der Waals surface area (Å²) in [5, 5.41) is 9.05. The van der Waals surface area contributed by atoms with Gasteiger partial charge in [-0.3, -0.25) is 9.59 Å². The lowest BCUT2D eigenvalue weighted by Gasteiger charge is -2.37. The Kier molecular flexibility index (Phi) is 7.06. The maximum absolute atomic E-state index is 13.7. The van der Waals surface area contributed by atoms with Crippen molar-refractivity contribution in [3.63, 3.8) is 0 Å². The second-order valence-corrected chi connectivity index (χ2v) is 10.7. The van der Waals surface area contributed by atoms with E-state index in [1.54, 1.807) is 32.7 Å². The van der Waals surface area contributed by atoms with Gasteiger partial charge in [-0.15, -0.1) is 16.4 Å². The Morgan fingerprint density at radius 2 is 2.03 bits per heavy atom. The summed E-state index contributed by atoms with van der Waals surface area (Å²) in [5.74, 6) is -0.237. The summed E-state index contributed by atoms with van der Waals surface area (Å²) in [4.78, 5) is 35.0. The summed E-state index contributed by atoms with van der Waals surface area (Å²) in [6.07, 6.45) is 3.24. The predicted octanol–water partition coefficient (Wildman–Crippen LogP) is 3.60. The number of carbonyl (C=O) groups excluding carboxylic acids is 2. The zero-order valence-corrected chi connectivity index (χ0v) is 21.4. The van der Waals surface area contributed by atoms with E-state index in [-0.39, 0.29) is 17.9 Å². The van der Waals surface area contributed by atoms with Crippen LogP contribution in [0.4, 0.5) is 0 Å². The molecule has 0 bridgehead atoms. The highest BCUT2D eigenvalue weighted by atomic mass is 35.5. The summed E-state index contributed by atoms with van der Waals surface area (Å²) in [7, 11) is 0. The number of morpholine rings is 1. The van der Waals surface area contributed by atoms with Gasteiger partial charge in [-0.2, -0.15) is 0 Å². The van der Waals surface area contributed by atoms with Crippen LogP contribution in [-0.4, -0.2) is 73.9 Å². The Morgan fingerprint density at radius 1 is 1.17 bits per heavy atom. The van der Waals surface area contributed by atoms with Gasteiger partial charge in [-0.05, 0) is 43.5 Å². The van der Waals surface area contributed by atoms with Crippen LogP contribution in [0.5, 0.6) is 0 Å². The van der Waals surface area contributed by atoms with Gasteiger partial charge < -0.3 is 14.5 Å². The second kappa shape index (κ2) is 10.2. The molecule has 2 saturated heterocycles. The predicted molar refractivity (Wildman–Crippen MR) is 132 cm³/mol. The molecule has 2 aliphatic rings. The van der Waals surface area contributed by atoms with Crippen molar-refractivity contribution in [2.45, 2.75) is 38.4 Å². The lowest BCUT2D eigenvalue weighted by Crippen LogP contribution is -2.52. The quantitative estimate of drug-likeness (QED) is 0.464. The van der Waals surface area contributed by atoms with Crippen molar-refractivity contribution in [2.24, 2.45) is 0 Å². The number of halogens is 2. The molecule has 3 aromatic rings. The number of pyridine rings is 1. The first-order valence-corrected chi connectivity index (χ1v) is 12.9. The smallest absolute Gasteiger partial charge is 0.264 e. The summed E-state index contributed by atoms with van der Waals surface area (Å²) in [6.45, 7) is 4.12. The van der Waals surface area contributed by atoms with E-state index in [9.17, 15) is 9.59 Å². The topological polar surface area (TPSA) is 93.5 Å². The molecule has 0 N–H and O–H groups in total. The first-order valence-electron chi connectivity index (χ1n) is 11.4. The van der Waals surface area contributed by atoms with Crippen molar-refractivity contribution in [3.05, 3.63) is 61.8 Å². The fourth-order valence-corrected chi connectivity index (χ4v) is 5.77. The van der Waals surface area contributed by atoms with Gasteiger partial charge in [0.2, 0.25) is 5.91 Å². The number of thiophene rings is 1. The molecular weight excluding hydrogens is 511 g/mol. The number of nitrogens with zero attached hydrogens (tertiary/aromatic N) is 6. The normalized spacial score (nSPS) is 20.4. The molecule has 0 aromatic carbocycles. The highest BCUT2D eigenvalue weighted by molar-refractivity contribution is 7.18. The SMILES string of the molecule is Cc1nc(Cl)ccc1Cn1cc(C2COCCN2C(=O)C2CCCN2C(=O)c2ccc(Cl)s2)nn1. The molecule has 2 fully saturated rings. The molecule has 2 atom stereocenters. The van der Waals surface area contributed by atoms with Crippen LogP contribution in [0, 0.1) is 6.92 Å². The van der Waals surface area contributed by atoms with E-state index < -0.39 is 6.04 Å². The Morgan fingerprint density at radius 3 is 2.80 bits per heavy atom. The number of hydrogen-bond acceptors (Lipinski definition) is 7. The van der Waals surface area contributed by atoms with Gasteiger partial charge >= 0.3 is 0 Å². The number of amides is 2. The fraction of sp³-hybridized carbons (Fsp3) is 0.435. The molecule has 0 saturated carbocycles. The third-order valence-corrected chi connectivity index (χ3v) is 7.82. The van der Waals surface area contributed by atoms with Crippen molar-refractivity contribution in [2.75, 3.05) is 26.3 Å². The van der Waals surface area contributed by atoms with Crippen molar-refractivity contribution in [1.29, 1.82) is 0 Å². The van der Waals surface area contributed by atoms with Crippen molar-refractivity contribution < 1.29 is 14.3 Å². The molecule has 35 heavy (non-hydrogen) atoms. The van der Waals surface area contributed by atoms with Gasteiger partial charge in [0.1, 0.15) is 22.9 Å². The Balaban J connectivity index is 1.33. The molecule has 2 aliphatic heterocycles. The molecule has 12 heteroatoms. The van der Waals surface area contributed by atoms with E-state index in [1.807, 2.05) is 19.2 Å². The number of likely N-dealkylation sites (tertiary alicyclic amines) is 1. The maximum Gasteiger partial charge on any atom is 0.264 e.